The fourth-order valence-electron chi connectivity index (χ4n) is 4.59. The smallest absolute Gasteiger partial charge is 0.337 e. The molecule has 0 bridgehead atoms. The summed E-state index contributed by atoms with van der Waals surface area (Å²) in [5, 5.41) is 15.9. The fourth-order valence-corrected chi connectivity index (χ4v) is 4.59. The van der Waals surface area contributed by atoms with Gasteiger partial charge in [-0.2, -0.15) is 0 Å². The predicted molar refractivity (Wildman–Crippen MR) is 136 cm³/mol. The number of carboxylic acids is 1. The number of pyridine rings is 1. The van der Waals surface area contributed by atoms with Crippen molar-refractivity contribution in [2.45, 2.75) is 84.5 Å². The summed E-state index contributed by atoms with van der Waals surface area (Å²) < 4.78 is 26.3. The van der Waals surface area contributed by atoms with E-state index in [1.54, 1.807) is 40.7 Å². The van der Waals surface area contributed by atoms with Gasteiger partial charge in [0.1, 0.15) is 17.4 Å². The van der Waals surface area contributed by atoms with Crippen LogP contribution >= 0.6 is 0 Å². The molecule has 0 spiro atoms. The number of aliphatic carboxylic acids is 1. The molecular formula is C27H36FN3O5. The number of nitrogens with zero attached hydrogens (tertiary/aromatic N) is 1. The van der Waals surface area contributed by atoms with Gasteiger partial charge in [0.2, 0.25) is 0 Å². The maximum atomic E-state index is 15.2. The molecule has 36 heavy (non-hydrogen) atoms. The number of ether oxygens (including phenoxy) is 2. The highest BCUT2D eigenvalue weighted by atomic mass is 19.1. The minimum atomic E-state index is -1.43. The van der Waals surface area contributed by atoms with Gasteiger partial charge >= 0.3 is 12.0 Å². The van der Waals surface area contributed by atoms with Gasteiger partial charge in [-0.1, -0.05) is 19.3 Å². The predicted octanol–water partition coefficient (Wildman–Crippen LogP) is 5.91. The molecule has 1 atom stereocenters. The Bertz CT molecular complexity index is 1120. The Balaban J connectivity index is 2.13. The number of carbonyl (C=O) groups is 2. The third-order valence-electron chi connectivity index (χ3n) is 6.25. The van der Waals surface area contributed by atoms with E-state index < -0.39 is 29.5 Å². The van der Waals surface area contributed by atoms with E-state index in [2.05, 4.69) is 15.6 Å². The normalized spacial score (nSPS) is 15.3. The van der Waals surface area contributed by atoms with Crippen molar-refractivity contribution in [2.75, 3.05) is 12.4 Å². The number of aromatic nitrogens is 1. The van der Waals surface area contributed by atoms with E-state index in [4.69, 9.17) is 9.47 Å². The topological polar surface area (TPSA) is 110 Å². The molecule has 3 N–H and O–H groups in total. The Morgan fingerprint density at radius 3 is 2.39 bits per heavy atom. The van der Waals surface area contributed by atoms with E-state index in [1.807, 2.05) is 0 Å². The van der Waals surface area contributed by atoms with Crippen LogP contribution in [-0.4, -0.2) is 40.8 Å². The number of urea groups is 1. The van der Waals surface area contributed by atoms with Crippen molar-refractivity contribution in [2.24, 2.45) is 0 Å². The van der Waals surface area contributed by atoms with Crippen LogP contribution in [0.2, 0.25) is 0 Å². The van der Waals surface area contributed by atoms with Gasteiger partial charge in [0.25, 0.3) is 0 Å². The number of anilines is 1. The van der Waals surface area contributed by atoms with E-state index in [0.717, 1.165) is 32.1 Å². The number of rotatable bonds is 7. The quantitative estimate of drug-likeness (QED) is 0.435. The van der Waals surface area contributed by atoms with Gasteiger partial charge in [-0.15, -0.1) is 0 Å². The summed E-state index contributed by atoms with van der Waals surface area (Å²) in [4.78, 5) is 29.8. The molecule has 1 saturated carbocycles. The number of halogens is 1. The Kier molecular flexibility index (Phi) is 8.55. The minimum Gasteiger partial charge on any atom is -0.497 e. The average Bonchev–Trinajstić information content (AvgIpc) is 2.80. The summed E-state index contributed by atoms with van der Waals surface area (Å²) in [5.74, 6) is -1.28. The van der Waals surface area contributed by atoms with Crippen LogP contribution in [0, 0.1) is 19.7 Å². The van der Waals surface area contributed by atoms with E-state index in [0.29, 0.717) is 22.6 Å². The fraction of sp³-hybridized carbons (Fsp3) is 0.519. The number of carboxylic acid groups (broad SMARTS) is 1. The molecule has 196 valence electrons. The first-order chi connectivity index (χ1) is 16.9. The molecule has 0 aliphatic heterocycles. The minimum absolute atomic E-state index is 0.0864. The molecule has 3 rings (SSSR count). The first kappa shape index (κ1) is 27.4. The second-order valence-corrected chi connectivity index (χ2v) is 10.2. The second kappa shape index (κ2) is 11.2. The largest absolute Gasteiger partial charge is 0.497 e. The zero-order valence-corrected chi connectivity index (χ0v) is 21.8. The van der Waals surface area contributed by atoms with Gasteiger partial charge in [-0.3, -0.25) is 5.32 Å². The molecule has 2 amide bonds. The van der Waals surface area contributed by atoms with Crippen LogP contribution in [0.4, 0.5) is 15.0 Å². The molecule has 1 heterocycles. The second-order valence-electron chi connectivity index (χ2n) is 10.2. The molecule has 8 nitrogen and oxygen atoms in total. The molecule has 0 saturated heterocycles. The third-order valence-corrected chi connectivity index (χ3v) is 6.25. The maximum absolute atomic E-state index is 15.2. The van der Waals surface area contributed by atoms with Gasteiger partial charge in [-0.05, 0) is 65.2 Å². The Labute approximate surface area is 211 Å². The Morgan fingerprint density at radius 1 is 1.17 bits per heavy atom. The lowest BCUT2D eigenvalue weighted by atomic mass is 9.90. The first-order valence-electron chi connectivity index (χ1n) is 12.2. The van der Waals surface area contributed by atoms with Crippen LogP contribution in [0.1, 0.15) is 75.8 Å². The molecule has 1 aliphatic rings. The van der Waals surface area contributed by atoms with Gasteiger partial charge in [0, 0.05) is 34.5 Å². The first-order valence-corrected chi connectivity index (χ1v) is 12.2. The van der Waals surface area contributed by atoms with Gasteiger partial charge in [0.05, 0.1) is 12.7 Å². The van der Waals surface area contributed by atoms with Crippen molar-refractivity contribution >= 4 is 17.8 Å². The summed E-state index contributed by atoms with van der Waals surface area (Å²) in [6.45, 7) is 8.55. The number of hydrogen-bond acceptors (Lipinski definition) is 5. The highest BCUT2D eigenvalue weighted by molar-refractivity contribution is 5.91. The number of aryl methyl sites for hydroxylation is 1. The Hall–Kier alpha value is -3.20. The summed E-state index contributed by atoms with van der Waals surface area (Å²) in [7, 11) is 1.44. The zero-order valence-electron chi connectivity index (χ0n) is 21.8. The number of carbonyl (C=O) groups excluding carboxylic acids is 1. The number of nitrogens with one attached hydrogen (secondary N) is 2. The van der Waals surface area contributed by atoms with Crippen molar-refractivity contribution in [3.05, 3.63) is 40.8 Å². The number of methoxy groups -OCH3 is 1. The van der Waals surface area contributed by atoms with Crippen molar-refractivity contribution in [1.29, 1.82) is 0 Å². The van der Waals surface area contributed by atoms with Gasteiger partial charge in [0.15, 0.2) is 6.10 Å². The van der Waals surface area contributed by atoms with Gasteiger partial charge in [-0.25, -0.2) is 19.0 Å². The van der Waals surface area contributed by atoms with Crippen LogP contribution < -0.4 is 15.4 Å². The van der Waals surface area contributed by atoms with E-state index >= 15 is 4.39 Å². The lowest BCUT2D eigenvalue weighted by molar-refractivity contribution is -0.160. The molecule has 1 aromatic heterocycles. The molecule has 1 aromatic carbocycles. The summed E-state index contributed by atoms with van der Waals surface area (Å²) >= 11 is 0. The van der Waals surface area contributed by atoms with E-state index in [-0.39, 0.29) is 23.0 Å². The lowest BCUT2D eigenvalue weighted by Crippen LogP contribution is -2.39. The summed E-state index contributed by atoms with van der Waals surface area (Å²) in [6, 6.07) is 4.04. The monoisotopic (exact) mass is 501 g/mol. The average molecular weight is 502 g/mol. The molecule has 9 heteroatoms. The van der Waals surface area contributed by atoms with Crippen LogP contribution in [0.15, 0.2) is 18.2 Å². The third kappa shape index (κ3) is 6.51. The van der Waals surface area contributed by atoms with Crippen LogP contribution in [0.3, 0.4) is 0 Å². The molecular weight excluding hydrogens is 465 g/mol. The standard InChI is InChI=1S/C27H36FN3O5/c1-15-21(23(25(32)33)36-27(3,4)5)22(19-13-12-18(35-6)14-20(19)28)16(2)29-24(15)31-26(34)30-17-10-8-7-9-11-17/h12-14,17,23H,7-11H2,1-6H3,(H,32,33)(H2,29,30,31,34). The summed E-state index contributed by atoms with van der Waals surface area (Å²) in [5.41, 5.74) is 0.650. The number of hydrogen-bond donors (Lipinski definition) is 3. The molecule has 2 aromatic rings. The van der Waals surface area contributed by atoms with Gasteiger partial charge < -0.3 is 19.9 Å². The van der Waals surface area contributed by atoms with Crippen molar-refractivity contribution < 1.29 is 28.6 Å². The Morgan fingerprint density at radius 2 is 1.83 bits per heavy atom. The maximum Gasteiger partial charge on any atom is 0.337 e. The highest BCUT2D eigenvalue weighted by Crippen LogP contribution is 2.40. The SMILES string of the molecule is COc1ccc(-c2c(C)nc(NC(=O)NC3CCCCC3)c(C)c2C(OC(C)(C)C)C(=O)O)c(F)c1. The molecule has 0 radical (unpaired) electrons. The molecule has 1 unspecified atom stereocenters. The van der Waals surface area contributed by atoms with Crippen molar-refractivity contribution in [3.63, 3.8) is 0 Å². The highest BCUT2D eigenvalue weighted by Gasteiger charge is 2.34. The summed E-state index contributed by atoms with van der Waals surface area (Å²) in [6.07, 6.45) is 3.71. The van der Waals surface area contributed by atoms with E-state index in [1.165, 1.54) is 19.2 Å². The molecule has 1 aliphatic carbocycles. The number of amides is 2. The van der Waals surface area contributed by atoms with Crippen LogP contribution in [0.25, 0.3) is 11.1 Å². The number of benzene rings is 1. The van der Waals surface area contributed by atoms with Crippen LogP contribution in [-0.2, 0) is 9.53 Å². The lowest BCUT2D eigenvalue weighted by Gasteiger charge is -2.29. The van der Waals surface area contributed by atoms with Crippen molar-refractivity contribution in [3.8, 4) is 16.9 Å². The molecule has 1 fully saturated rings. The van der Waals surface area contributed by atoms with Crippen molar-refractivity contribution in [1.82, 2.24) is 10.3 Å². The van der Waals surface area contributed by atoms with Crippen LogP contribution in [0.5, 0.6) is 5.75 Å². The zero-order chi connectivity index (χ0) is 26.6. The van der Waals surface area contributed by atoms with E-state index in [9.17, 15) is 14.7 Å².